The van der Waals surface area contributed by atoms with Crippen LogP contribution in [0, 0.1) is 5.41 Å². The molecule has 0 aromatic heterocycles. The third-order valence-electron chi connectivity index (χ3n) is 3.23. The molecule has 1 aliphatic heterocycles. The highest BCUT2D eigenvalue weighted by molar-refractivity contribution is 7.86. The second-order valence-electron chi connectivity index (χ2n) is 5.50. The first-order valence-electron chi connectivity index (χ1n) is 6.16. The highest BCUT2D eigenvalue weighted by atomic mass is 35.5. The smallest absolute Gasteiger partial charge is 0.281 e. The number of hydrogen-bond acceptors (Lipinski definition) is 3. The van der Waals surface area contributed by atoms with Crippen LogP contribution in [0.1, 0.15) is 13.8 Å². The van der Waals surface area contributed by atoms with Gasteiger partial charge in [0.15, 0.2) is 0 Å². The first kappa shape index (κ1) is 16.7. The molecule has 1 rings (SSSR count). The zero-order chi connectivity index (χ0) is 14.8. The molecule has 19 heavy (non-hydrogen) atoms. The van der Waals surface area contributed by atoms with Crippen molar-refractivity contribution in [2.45, 2.75) is 13.8 Å². The van der Waals surface area contributed by atoms with Crippen LogP contribution in [-0.2, 0) is 15.0 Å². The normalized spacial score (nSPS) is 18.9. The summed E-state index contributed by atoms with van der Waals surface area (Å²) < 4.78 is 26.5. The molecule has 0 saturated carbocycles. The Bertz CT molecular complexity index is 428. The Morgan fingerprint density at radius 2 is 1.68 bits per heavy atom. The Balaban J connectivity index is 2.67. The zero-order valence-corrected chi connectivity index (χ0v) is 13.5. The first-order chi connectivity index (χ1) is 8.63. The van der Waals surface area contributed by atoms with E-state index in [-0.39, 0.29) is 11.8 Å². The number of rotatable bonds is 4. The Morgan fingerprint density at radius 1 is 1.21 bits per heavy atom. The standard InChI is InChI=1S/C11H22ClN3O3S/c1-11(2,9-12)10(16)14-5-7-15(8-6-14)19(17,18)13(3)4/h5-9H2,1-4H3. The summed E-state index contributed by atoms with van der Waals surface area (Å²) in [6, 6.07) is 0. The number of amides is 1. The minimum Gasteiger partial charge on any atom is -0.340 e. The summed E-state index contributed by atoms with van der Waals surface area (Å²) >= 11 is 5.79. The van der Waals surface area contributed by atoms with E-state index in [0.29, 0.717) is 26.2 Å². The maximum Gasteiger partial charge on any atom is 0.281 e. The van der Waals surface area contributed by atoms with Crippen LogP contribution in [-0.4, -0.2) is 74.0 Å². The van der Waals surface area contributed by atoms with Crippen molar-refractivity contribution < 1.29 is 13.2 Å². The molecule has 8 heteroatoms. The zero-order valence-electron chi connectivity index (χ0n) is 11.9. The van der Waals surface area contributed by atoms with Gasteiger partial charge in [0, 0.05) is 46.2 Å². The summed E-state index contributed by atoms with van der Waals surface area (Å²) in [7, 11) is -0.381. The van der Waals surface area contributed by atoms with Gasteiger partial charge in [0.2, 0.25) is 5.91 Å². The summed E-state index contributed by atoms with van der Waals surface area (Å²) in [5, 5.41) is 0. The fourth-order valence-corrected chi connectivity index (χ4v) is 3.04. The number of nitrogens with zero attached hydrogens (tertiary/aromatic N) is 3. The van der Waals surface area contributed by atoms with E-state index in [2.05, 4.69) is 0 Å². The summed E-state index contributed by atoms with van der Waals surface area (Å²) in [4.78, 5) is 13.9. The van der Waals surface area contributed by atoms with Crippen molar-refractivity contribution in [1.29, 1.82) is 0 Å². The summed E-state index contributed by atoms with van der Waals surface area (Å²) in [5.41, 5.74) is -0.607. The van der Waals surface area contributed by atoms with Crippen molar-refractivity contribution in [3.05, 3.63) is 0 Å². The molecule has 1 heterocycles. The van der Waals surface area contributed by atoms with Crippen molar-refractivity contribution in [3.63, 3.8) is 0 Å². The maximum atomic E-state index is 12.2. The molecule has 0 bridgehead atoms. The van der Waals surface area contributed by atoms with Crippen molar-refractivity contribution in [2.75, 3.05) is 46.2 Å². The fourth-order valence-electron chi connectivity index (χ4n) is 1.84. The summed E-state index contributed by atoms with van der Waals surface area (Å²) in [6.07, 6.45) is 0. The quantitative estimate of drug-likeness (QED) is 0.697. The van der Waals surface area contributed by atoms with Crippen LogP contribution in [0.4, 0.5) is 0 Å². The van der Waals surface area contributed by atoms with Gasteiger partial charge < -0.3 is 4.90 Å². The molecule has 1 fully saturated rings. The van der Waals surface area contributed by atoms with Gasteiger partial charge >= 0.3 is 0 Å². The van der Waals surface area contributed by atoms with Crippen molar-refractivity contribution in [3.8, 4) is 0 Å². The lowest BCUT2D eigenvalue weighted by molar-refractivity contribution is -0.140. The number of halogens is 1. The van der Waals surface area contributed by atoms with Gasteiger partial charge in [0.25, 0.3) is 10.2 Å². The van der Waals surface area contributed by atoms with E-state index in [1.54, 1.807) is 18.7 Å². The highest BCUT2D eigenvalue weighted by Gasteiger charge is 2.35. The van der Waals surface area contributed by atoms with Crippen LogP contribution in [0.15, 0.2) is 0 Å². The molecular formula is C11H22ClN3O3S. The second kappa shape index (κ2) is 5.95. The van der Waals surface area contributed by atoms with Crippen molar-refractivity contribution in [2.24, 2.45) is 5.41 Å². The lowest BCUT2D eigenvalue weighted by Gasteiger charge is -2.38. The Kier molecular flexibility index (Phi) is 5.22. The lowest BCUT2D eigenvalue weighted by Crippen LogP contribution is -2.55. The molecule has 0 aromatic carbocycles. The third-order valence-corrected chi connectivity index (χ3v) is 5.84. The van der Waals surface area contributed by atoms with Crippen LogP contribution >= 0.6 is 11.6 Å². The molecule has 1 saturated heterocycles. The lowest BCUT2D eigenvalue weighted by atomic mass is 9.94. The van der Waals surface area contributed by atoms with E-state index in [1.165, 1.54) is 22.7 Å². The minimum atomic E-state index is -3.39. The van der Waals surface area contributed by atoms with Crippen LogP contribution in [0.5, 0.6) is 0 Å². The number of carbonyl (C=O) groups excluding carboxylic acids is 1. The van der Waals surface area contributed by atoms with Gasteiger partial charge in [0.05, 0.1) is 5.41 Å². The monoisotopic (exact) mass is 311 g/mol. The van der Waals surface area contributed by atoms with Crippen LogP contribution in [0.3, 0.4) is 0 Å². The summed E-state index contributed by atoms with van der Waals surface area (Å²) in [5.74, 6) is 0.228. The number of hydrogen-bond donors (Lipinski definition) is 0. The van der Waals surface area contributed by atoms with E-state index in [1.807, 2.05) is 0 Å². The van der Waals surface area contributed by atoms with Crippen LogP contribution < -0.4 is 0 Å². The fraction of sp³-hybridized carbons (Fsp3) is 0.909. The Labute approximate surface area is 120 Å². The first-order valence-corrected chi connectivity index (χ1v) is 8.09. The molecule has 0 radical (unpaired) electrons. The molecule has 0 aromatic rings. The van der Waals surface area contributed by atoms with Crippen molar-refractivity contribution in [1.82, 2.24) is 13.5 Å². The highest BCUT2D eigenvalue weighted by Crippen LogP contribution is 2.22. The number of piperazine rings is 1. The molecular weight excluding hydrogens is 290 g/mol. The molecule has 112 valence electrons. The van der Waals surface area contributed by atoms with Gasteiger partial charge in [-0.15, -0.1) is 11.6 Å². The topological polar surface area (TPSA) is 60.9 Å². The van der Waals surface area contributed by atoms with Gasteiger partial charge in [-0.3, -0.25) is 4.79 Å². The molecule has 0 N–H and O–H groups in total. The number of carbonyl (C=O) groups is 1. The van der Waals surface area contributed by atoms with E-state index >= 15 is 0 Å². The third kappa shape index (κ3) is 3.59. The Hall–Kier alpha value is -0.370. The van der Waals surface area contributed by atoms with Crippen LogP contribution in [0.2, 0.25) is 0 Å². The van der Waals surface area contributed by atoms with Crippen LogP contribution in [0.25, 0.3) is 0 Å². The predicted molar refractivity (Wildman–Crippen MR) is 75.3 cm³/mol. The molecule has 0 aliphatic carbocycles. The average molecular weight is 312 g/mol. The van der Waals surface area contributed by atoms with Gasteiger partial charge in [-0.25, -0.2) is 0 Å². The molecule has 0 spiro atoms. The van der Waals surface area contributed by atoms with Gasteiger partial charge in [-0.1, -0.05) is 0 Å². The largest absolute Gasteiger partial charge is 0.340 e. The second-order valence-corrected chi connectivity index (χ2v) is 7.91. The predicted octanol–water partition coefficient (Wildman–Crippen LogP) is 0.202. The minimum absolute atomic E-state index is 0.0237. The SMILES string of the molecule is CN(C)S(=O)(=O)N1CCN(C(=O)C(C)(C)CCl)CC1. The Morgan fingerprint density at radius 3 is 2.05 bits per heavy atom. The van der Waals surface area contributed by atoms with E-state index < -0.39 is 15.6 Å². The van der Waals surface area contributed by atoms with E-state index in [9.17, 15) is 13.2 Å². The molecule has 6 nitrogen and oxygen atoms in total. The van der Waals surface area contributed by atoms with Gasteiger partial charge in [-0.2, -0.15) is 17.0 Å². The van der Waals surface area contributed by atoms with Gasteiger partial charge in [-0.05, 0) is 13.8 Å². The molecule has 0 unspecified atom stereocenters. The molecule has 0 atom stereocenters. The maximum absolute atomic E-state index is 12.2. The molecule has 1 aliphatic rings. The van der Waals surface area contributed by atoms with E-state index in [4.69, 9.17) is 11.6 Å². The number of alkyl halides is 1. The van der Waals surface area contributed by atoms with E-state index in [0.717, 1.165) is 0 Å². The average Bonchev–Trinajstić information content (AvgIpc) is 2.37. The van der Waals surface area contributed by atoms with Gasteiger partial charge in [0.1, 0.15) is 0 Å². The summed E-state index contributed by atoms with van der Waals surface area (Å²) in [6.45, 7) is 5.06. The van der Waals surface area contributed by atoms with Crippen molar-refractivity contribution >= 4 is 27.7 Å². The molecule has 1 amide bonds.